The van der Waals surface area contributed by atoms with Crippen molar-refractivity contribution >= 4 is 11.8 Å². The third kappa shape index (κ3) is 2.23. The highest BCUT2D eigenvalue weighted by atomic mass is 16.2. The molecule has 1 saturated carbocycles. The lowest BCUT2D eigenvalue weighted by molar-refractivity contribution is -0.162. The van der Waals surface area contributed by atoms with E-state index in [1.54, 1.807) is 0 Å². The van der Waals surface area contributed by atoms with Crippen LogP contribution in [0.15, 0.2) is 0 Å². The van der Waals surface area contributed by atoms with Gasteiger partial charge >= 0.3 is 0 Å². The summed E-state index contributed by atoms with van der Waals surface area (Å²) in [6.45, 7) is 5.70. The molecule has 0 aromatic heterocycles. The van der Waals surface area contributed by atoms with Crippen LogP contribution in [0.4, 0.5) is 0 Å². The monoisotopic (exact) mass is 278 g/mol. The molecule has 3 rings (SSSR count). The minimum atomic E-state index is -0.225. The lowest BCUT2D eigenvalue weighted by atomic mass is 9.94. The molecule has 2 heterocycles. The van der Waals surface area contributed by atoms with Crippen molar-refractivity contribution in [3.63, 3.8) is 0 Å². The molecule has 4 heteroatoms. The summed E-state index contributed by atoms with van der Waals surface area (Å²) in [5, 5.41) is 0. The van der Waals surface area contributed by atoms with Crippen LogP contribution >= 0.6 is 0 Å². The molecule has 4 nitrogen and oxygen atoms in total. The topological polar surface area (TPSA) is 40.6 Å². The van der Waals surface area contributed by atoms with Gasteiger partial charge in [0.1, 0.15) is 12.1 Å². The van der Waals surface area contributed by atoms with Crippen molar-refractivity contribution in [3.8, 4) is 0 Å². The van der Waals surface area contributed by atoms with E-state index >= 15 is 0 Å². The SMILES string of the molecule is CC(C)C1C(=O)N2CCCC2C(=O)N1CC1CCCC1. The van der Waals surface area contributed by atoms with Gasteiger partial charge in [-0.3, -0.25) is 9.59 Å². The average Bonchev–Trinajstić information content (AvgIpc) is 3.06. The minimum Gasteiger partial charge on any atom is -0.329 e. The first-order chi connectivity index (χ1) is 9.59. The van der Waals surface area contributed by atoms with E-state index in [9.17, 15) is 9.59 Å². The Morgan fingerprint density at radius 3 is 2.40 bits per heavy atom. The van der Waals surface area contributed by atoms with Crippen molar-refractivity contribution in [2.75, 3.05) is 13.1 Å². The van der Waals surface area contributed by atoms with Gasteiger partial charge in [0, 0.05) is 13.1 Å². The number of hydrogen-bond donors (Lipinski definition) is 0. The number of carbonyl (C=O) groups excluding carboxylic acids is 2. The van der Waals surface area contributed by atoms with Gasteiger partial charge in [0.25, 0.3) is 0 Å². The molecular weight excluding hydrogens is 252 g/mol. The van der Waals surface area contributed by atoms with E-state index in [1.165, 1.54) is 25.7 Å². The Morgan fingerprint density at radius 2 is 1.75 bits per heavy atom. The maximum Gasteiger partial charge on any atom is 0.246 e. The van der Waals surface area contributed by atoms with E-state index in [-0.39, 0.29) is 29.8 Å². The van der Waals surface area contributed by atoms with Gasteiger partial charge in [-0.05, 0) is 37.5 Å². The highest BCUT2D eigenvalue weighted by molar-refractivity contribution is 5.97. The van der Waals surface area contributed by atoms with Crippen LogP contribution in [-0.2, 0) is 9.59 Å². The fraction of sp³-hybridized carbons (Fsp3) is 0.875. The van der Waals surface area contributed by atoms with E-state index in [4.69, 9.17) is 0 Å². The standard InChI is InChI=1S/C16H26N2O2/c1-11(2)14-16(20)17-9-5-8-13(17)15(19)18(14)10-12-6-3-4-7-12/h11-14H,3-10H2,1-2H3. The smallest absolute Gasteiger partial charge is 0.246 e. The number of rotatable bonds is 3. The maximum absolute atomic E-state index is 12.8. The van der Waals surface area contributed by atoms with E-state index in [2.05, 4.69) is 13.8 Å². The van der Waals surface area contributed by atoms with E-state index in [0.717, 1.165) is 25.9 Å². The summed E-state index contributed by atoms with van der Waals surface area (Å²) in [7, 11) is 0. The second-order valence-electron chi connectivity index (χ2n) is 7.02. The number of fused-ring (bicyclic) bond motifs is 1. The average molecular weight is 278 g/mol. The molecule has 0 spiro atoms. The molecular formula is C16H26N2O2. The molecule has 0 radical (unpaired) electrons. The van der Waals surface area contributed by atoms with Crippen molar-refractivity contribution in [2.45, 2.75) is 64.5 Å². The zero-order chi connectivity index (χ0) is 14.3. The van der Waals surface area contributed by atoms with Crippen molar-refractivity contribution in [1.29, 1.82) is 0 Å². The molecule has 2 aliphatic heterocycles. The Balaban J connectivity index is 1.83. The number of piperazine rings is 1. The lowest BCUT2D eigenvalue weighted by Gasteiger charge is -2.44. The van der Waals surface area contributed by atoms with Crippen LogP contribution in [0.3, 0.4) is 0 Å². The van der Waals surface area contributed by atoms with Gasteiger partial charge in [0.15, 0.2) is 0 Å². The minimum absolute atomic E-state index is 0.154. The van der Waals surface area contributed by atoms with E-state index < -0.39 is 0 Å². The van der Waals surface area contributed by atoms with Gasteiger partial charge in [0.05, 0.1) is 0 Å². The number of nitrogens with zero attached hydrogens (tertiary/aromatic N) is 2. The van der Waals surface area contributed by atoms with Gasteiger partial charge in [0.2, 0.25) is 11.8 Å². The Bertz CT molecular complexity index is 401. The quantitative estimate of drug-likeness (QED) is 0.792. The zero-order valence-electron chi connectivity index (χ0n) is 12.7. The van der Waals surface area contributed by atoms with Gasteiger partial charge < -0.3 is 9.80 Å². The van der Waals surface area contributed by atoms with Gasteiger partial charge in [-0.25, -0.2) is 0 Å². The van der Waals surface area contributed by atoms with Gasteiger partial charge in [-0.2, -0.15) is 0 Å². The van der Waals surface area contributed by atoms with Crippen LogP contribution in [0.25, 0.3) is 0 Å². The van der Waals surface area contributed by atoms with Crippen LogP contribution in [0.5, 0.6) is 0 Å². The molecule has 3 aliphatic rings. The Hall–Kier alpha value is -1.06. The summed E-state index contributed by atoms with van der Waals surface area (Å²) >= 11 is 0. The Morgan fingerprint density at radius 1 is 1.05 bits per heavy atom. The molecule has 2 unspecified atom stereocenters. The molecule has 2 saturated heterocycles. The van der Waals surface area contributed by atoms with Crippen molar-refractivity contribution in [1.82, 2.24) is 9.80 Å². The third-order valence-electron chi connectivity index (χ3n) is 5.25. The lowest BCUT2D eigenvalue weighted by Crippen LogP contribution is -2.64. The summed E-state index contributed by atoms with van der Waals surface area (Å²) < 4.78 is 0. The normalized spacial score (nSPS) is 31.6. The van der Waals surface area contributed by atoms with Crippen LogP contribution in [-0.4, -0.2) is 46.8 Å². The molecule has 0 bridgehead atoms. The largest absolute Gasteiger partial charge is 0.329 e. The molecule has 0 aromatic rings. The summed E-state index contributed by atoms with van der Waals surface area (Å²) in [6, 6.07) is -0.378. The van der Waals surface area contributed by atoms with Crippen molar-refractivity contribution < 1.29 is 9.59 Å². The second-order valence-corrected chi connectivity index (χ2v) is 7.02. The summed E-state index contributed by atoms with van der Waals surface area (Å²) in [6.07, 6.45) is 6.83. The Kier molecular flexibility index (Phi) is 3.74. The fourth-order valence-electron chi connectivity index (χ4n) is 4.24. The molecule has 0 N–H and O–H groups in total. The molecule has 2 amide bonds. The predicted octanol–water partition coefficient (Wildman–Crippen LogP) is 2.03. The number of hydrogen-bond acceptors (Lipinski definition) is 2. The first-order valence-electron chi connectivity index (χ1n) is 8.20. The summed E-state index contributed by atoms with van der Waals surface area (Å²) in [5.74, 6) is 1.23. The summed E-state index contributed by atoms with van der Waals surface area (Å²) in [4.78, 5) is 29.3. The Labute approximate surface area is 121 Å². The van der Waals surface area contributed by atoms with Crippen LogP contribution in [0, 0.1) is 11.8 Å². The van der Waals surface area contributed by atoms with Gasteiger partial charge in [-0.1, -0.05) is 26.7 Å². The van der Waals surface area contributed by atoms with Crippen LogP contribution in [0.1, 0.15) is 52.4 Å². The van der Waals surface area contributed by atoms with Crippen molar-refractivity contribution in [3.05, 3.63) is 0 Å². The first-order valence-corrected chi connectivity index (χ1v) is 8.20. The summed E-state index contributed by atoms with van der Waals surface area (Å²) in [5.41, 5.74) is 0. The zero-order valence-corrected chi connectivity index (χ0v) is 12.7. The van der Waals surface area contributed by atoms with Crippen molar-refractivity contribution in [2.24, 2.45) is 11.8 Å². The third-order valence-corrected chi connectivity index (χ3v) is 5.25. The molecule has 0 aromatic carbocycles. The predicted molar refractivity (Wildman–Crippen MR) is 77.0 cm³/mol. The van der Waals surface area contributed by atoms with E-state index in [0.29, 0.717) is 5.92 Å². The highest BCUT2D eigenvalue weighted by Crippen LogP contribution is 2.33. The highest BCUT2D eigenvalue weighted by Gasteiger charge is 2.48. The van der Waals surface area contributed by atoms with Crippen LogP contribution in [0.2, 0.25) is 0 Å². The number of carbonyl (C=O) groups is 2. The molecule has 112 valence electrons. The second kappa shape index (κ2) is 5.38. The van der Waals surface area contributed by atoms with E-state index in [1.807, 2.05) is 9.80 Å². The number of amides is 2. The molecule has 20 heavy (non-hydrogen) atoms. The fourth-order valence-corrected chi connectivity index (χ4v) is 4.24. The van der Waals surface area contributed by atoms with Crippen LogP contribution < -0.4 is 0 Å². The first kappa shape index (κ1) is 13.9. The maximum atomic E-state index is 12.8. The van der Waals surface area contributed by atoms with Gasteiger partial charge in [-0.15, -0.1) is 0 Å². The molecule has 2 atom stereocenters. The molecule has 1 aliphatic carbocycles. The molecule has 3 fully saturated rings.